The van der Waals surface area contributed by atoms with Gasteiger partial charge in [-0.25, -0.2) is 8.78 Å². The molecule has 0 bridgehead atoms. The first-order valence-electron chi connectivity index (χ1n) is 6.23. The van der Waals surface area contributed by atoms with Gasteiger partial charge < -0.3 is 5.32 Å². The highest BCUT2D eigenvalue weighted by Gasteiger charge is 2.44. The second-order valence-corrected chi connectivity index (χ2v) is 5.17. The monoisotopic (exact) mass is 239 g/mol. The molecule has 17 heavy (non-hydrogen) atoms. The van der Waals surface area contributed by atoms with E-state index in [-0.39, 0.29) is 17.0 Å². The van der Waals surface area contributed by atoms with Gasteiger partial charge in [0.05, 0.1) is 0 Å². The average Bonchev–Trinajstić information content (AvgIpc) is 3.02. The van der Waals surface area contributed by atoms with Crippen LogP contribution in [0.3, 0.4) is 0 Å². The second-order valence-electron chi connectivity index (χ2n) is 5.17. The highest BCUT2D eigenvalue weighted by molar-refractivity contribution is 5.22. The minimum absolute atomic E-state index is 0.166. The molecule has 1 aromatic carbocycles. The molecule has 1 fully saturated rings. The number of rotatable bonds is 5. The van der Waals surface area contributed by atoms with Gasteiger partial charge in [0.2, 0.25) is 0 Å². The summed E-state index contributed by atoms with van der Waals surface area (Å²) in [7, 11) is 0. The van der Waals surface area contributed by atoms with Crippen LogP contribution in [0.15, 0.2) is 18.2 Å². The summed E-state index contributed by atoms with van der Waals surface area (Å²) in [5, 5.41) is 3.35. The van der Waals surface area contributed by atoms with Crippen molar-refractivity contribution >= 4 is 0 Å². The van der Waals surface area contributed by atoms with Gasteiger partial charge in [0.1, 0.15) is 11.6 Å². The van der Waals surface area contributed by atoms with Crippen LogP contribution in [0, 0.1) is 17.0 Å². The van der Waals surface area contributed by atoms with Crippen LogP contribution in [-0.4, -0.2) is 12.6 Å². The first-order valence-corrected chi connectivity index (χ1v) is 6.23. The van der Waals surface area contributed by atoms with Gasteiger partial charge in [0.25, 0.3) is 0 Å². The minimum atomic E-state index is -0.433. The summed E-state index contributed by atoms with van der Waals surface area (Å²) < 4.78 is 27.2. The van der Waals surface area contributed by atoms with Gasteiger partial charge >= 0.3 is 0 Å². The second kappa shape index (κ2) is 4.73. The van der Waals surface area contributed by atoms with Gasteiger partial charge in [0, 0.05) is 11.6 Å². The summed E-state index contributed by atoms with van der Waals surface area (Å²) in [6.07, 6.45) is 2.71. The fourth-order valence-corrected chi connectivity index (χ4v) is 2.29. The van der Waals surface area contributed by atoms with Crippen molar-refractivity contribution in [1.82, 2.24) is 5.32 Å². The fraction of sp³-hybridized carbons (Fsp3) is 0.571. The van der Waals surface area contributed by atoms with Crippen LogP contribution in [0.1, 0.15) is 32.3 Å². The molecule has 0 aromatic heterocycles. The van der Waals surface area contributed by atoms with Crippen molar-refractivity contribution in [3.8, 4) is 0 Å². The summed E-state index contributed by atoms with van der Waals surface area (Å²) in [4.78, 5) is 0. The van der Waals surface area contributed by atoms with Crippen molar-refractivity contribution < 1.29 is 8.78 Å². The molecule has 0 heterocycles. The van der Waals surface area contributed by atoms with E-state index < -0.39 is 11.6 Å². The van der Waals surface area contributed by atoms with Crippen LogP contribution in [0.25, 0.3) is 0 Å². The van der Waals surface area contributed by atoms with Crippen LogP contribution < -0.4 is 5.32 Å². The first kappa shape index (κ1) is 12.5. The number of benzene rings is 1. The smallest absolute Gasteiger partial charge is 0.129 e. The fourth-order valence-electron chi connectivity index (χ4n) is 2.29. The summed E-state index contributed by atoms with van der Waals surface area (Å²) >= 11 is 0. The third-order valence-electron chi connectivity index (χ3n) is 3.80. The highest BCUT2D eigenvalue weighted by atomic mass is 19.1. The molecule has 94 valence electrons. The molecule has 1 aromatic rings. The van der Waals surface area contributed by atoms with Crippen LogP contribution >= 0.6 is 0 Å². The van der Waals surface area contributed by atoms with E-state index in [0.29, 0.717) is 6.42 Å². The lowest BCUT2D eigenvalue weighted by Crippen LogP contribution is -2.38. The molecule has 1 N–H and O–H groups in total. The highest BCUT2D eigenvalue weighted by Crippen LogP contribution is 2.49. The van der Waals surface area contributed by atoms with Crippen LogP contribution in [0.2, 0.25) is 0 Å². The number of hydrogen-bond donors (Lipinski definition) is 1. The molecule has 0 amide bonds. The van der Waals surface area contributed by atoms with Gasteiger partial charge in [-0.05, 0) is 43.4 Å². The Hall–Kier alpha value is -0.960. The zero-order valence-electron chi connectivity index (χ0n) is 10.4. The van der Waals surface area contributed by atoms with E-state index in [2.05, 4.69) is 12.2 Å². The van der Waals surface area contributed by atoms with Crippen molar-refractivity contribution in [1.29, 1.82) is 0 Å². The van der Waals surface area contributed by atoms with E-state index in [4.69, 9.17) is 0 Å². The van der Waals surface area contributed by atoms with E-state index >= 15 is 0 Å². The molecule has 1 unspecified atom stereocenters. The Bertz CT molecular complexity index is 379. The van der Waals surface area contributed by atoms with Gasteiger partial charge in [-0.1, -0.05) is 19.9 Å². The number of hydrogen-bond acceptors (Lipinski definition) is 1. The predicted molar refractivity (Wildman–Crippen MR) is 64.9 cm³/mol. The number of likely N-dealkylation sites (N-methyl/N-ethyl adjacent to an activating group) is 1. The maximum atomic E-state index is 13.6. The lowest BCUT2D eigenvalue weighted by Gasteiger charge is -2.25. The average molecular weight is 239 g/mol. The Morgan fingerprint density at radius 1 is 1.29 bits per heavy atom. The van der Waals surface area contributed by atoms with E-state index in [1.54, 1.807) is 0 Å². The Morgan fingerprint density at radius 2 is 1.88 bits per heavy atom. The zero-order chi connectivity index (χ0) is 12.5. The summed E-state index contributed by atoms with van der Waals surface area (Å²) in [6, 6.07) is 4.24. The molecular formula is C14H19F2N. The lowest BCUT2D eigenvalue weighted by molar-refractivity contribution is 0.352. The molecule has 2 rings (SSSR count). The molecule has 3 heteroatoms. The lowest BCUT2D eigenvalue weighted by atomic mass is 9.92. The molecule has 0 spiro atoms. The number of nitrogens with one attached hydrogen (secondary N) is 1. The van der Waals surface area contributed by atoms with Crippen molar-refractivity contribution in [2.75, 3.05) is 6.54 Å². The molecule has 1 atom stereocenters. The largest absolute Gasteiger partial charge is 0.313 e. The Balaban J connectivity index is 2.17. The SMILES string of the molecule is CCNC(Cc1c(F)cccc1F)C1(C)CC1. The van der Waals surface area contributed by atoms with Crippen molar-refractivity contribution in [3.63, 3.8) is 0 Å². The van der Waals surface area contributed by atoms with E-state index in [9.17, 15) is 8.78 Å². The van der Waals surface area contributed by atoms with E-state index in [1.807, 2.05) is 6.92 Å². The van der Waals surface area contributed by atoms with Gasteiger partial charge in [-0.2, -0.15) is 0 Å². The third kappa shape index (κ3) is 2.65. The Morgan fingerprint density at radius 3 is 2.35 bits per heavy atom. The zero-order valence-corrected chi connectivity index (χ0v) is 10.4. The van der Waals surface area contributed by atoms with Gasteiger partial charge in [-0.3, -0.25) is 0 Å². The van der Waals surface area contributed by atoms with Crippen LogP contribution in [0.4, 0.5) is 8.78 Å². The first-order chi connectivity index (χ1) is 8.07. The summed E-state index contributed by atoms with van der Waals surface area (Å²) in [5.41, 5.74) is 0.427. The van der Waals surface area contributed by atoms with E-state index in [1.165, 1.54) is 18.2 Å². The molecule has 1 nitrogen and oxygen atoms in total. The Labute approximate surface area is 101 Å². The normalized spacial score (nSPS) is 19.1. The maximum Gasteiger partial charge on any atom is 0.129 e. The van der Waals surface area contributed by atoms with Crippen LogP contribution in [0.5, 0.6) is 0 Å². The van der Waals surface area contributed by atoms with E-state index in [0.717, 1.165) is 19.4 Å². The third-order valence-corrected chi connectivity index (χ3v) is 3.80. The molecule has 0 radical (unpaired) electrons. The van der Waals surface area contributed by atoms with Crippen molar-refractivity contribution in [3.05, 3.63) is 35.4 Å². The van der Waals surface area contributed by atoms with Crippen LogP contribution in [-0.2, 0) is 6.42 Å². The topological polar surface area (TPSA) is 12.0 Å². The van der Waals surface area contributed by atoms with Gasteiger partial charge in [0.15, 0.2) is 0 Å². The van der Waals surface area contributed by atoms with Crippen molar-refractivity contribution in [2.24, 2.45) is 5.41 Å². The molecule has 1 aliphatic rings. The number of halogens is 2. The maximum absolute atomic E-state index is 13.6. The Kier molecular flexibility index (Phi) is 3.48. The molecule has 0 aliphatic heterocycles. The summed E-state index contributed by atoms with van der Waals surface area (Å²) in [6.45, 7) is 5.03. The molecule has 1 aliphatic carbocycles. The molecular weight excluding hydrogens is 220 g/mol. The van der Waals surface area contributed by atoms with Gasteiger partial charge in [-0.15, -0.1) is 0 Å². The standard InChI is InChI=1S/C14H19F2N/c1-3-17-13(14(2)7-8-14)9-10-11(15)5-4-6-12(10)16/h4-6,13,17H,3,7-9H2,1-2H3. The minimum Gasteiger partial charge on any atom is -0.313 e. The molecule has 0 saturated heterocycles. The predicted octanol–water partition coefficient (Wildman–Crippen LogP) is 3.29. The molecule has 1 saturated carbocycles. The quantitative estimate of drug-likeness (QED) is 0.831. The summed E-state index contributed by atoms with van der Waals surface area (Å²) in [5.74, 6) is -0.866. The van der Waals surface area contributed by atoms with Crippen molar-refractivity contribution in [2.45, 2.75) is 39.2 Å².